The minimum atomic E-state index is 0.616. The summed E-state index contributed by atoms with van der Waals surface area (Å²) in [4.78, 5) is 15.3. The zero-order chi connectivity index (χ0) is 33.7. The molecule has 0 saturated carbocycles. The van der Waals surface area contributed by atoms with Crippen molar-refractivity contribution in [3.8, 4) is 56.4 Å². The Morgan fingerprint density at radius 1 is 0.314 bits per heavy atom. The fourth-order valence-corrected chi connectivity index (χ4v) is 7.21. The fourth-order valence-electron chi connectivity index (χ4n) is 7.21. The van der Waals surface area contributed by atoms with Crippen LogP contribution in [0, 0.1) is 0 Å². The number of benzene rings is 8. The van der Waals surface area contributed by atoms with E-state index in [1.165, 1.54) is 16.3 Å². The number of hydrogen-bond acceptors (Lipinski definition) is 4. The second-order valence-corrected chi connectivity index (χ2v) is 12.8. The third-order valence-electron chi connectivity index (χ3n) is 9.74. The first kappa shape index (κ1) is 29.0. The van der Waals surface area contributed by atoms with Crippen molar-refractivity contribution in [3.63, 3.8) is 0 Å². The van der Waals surface area contributed by atoms with Crippen molar-refractivity contribution >= 4 is 43.5 Å². The summed E-state index contributed by atoms with van der Waals surface area (Å²) in [5.74, 6) is 1.87. The van der Waals surface area contributed by atoms with E-state index in [1.54, 1.807) is 0 Å². The molecule has 0 bridgehead atoms. The Kier molecular flexibility index (Phi) is 6.78. The summed E-state index contributed by atoms with van der Waals surface area (Å²) in [5.41, 5.74) is 9.11. The second-order valence-electron chi connectivity index (χ2n) is 12.8. The van der Waals surface area contributed by atoms with Gasteiger partial charge in [0.1, 0.15) is 11.2 Å². The number of hydrogen-bond donors (Lipinski definition) is 0. The molecule has 4 heteroatoms. The van der Waals surface area contributed by atoms with E-state index < -0.39 is 0 Å². The lowest BCUT2D eigenvalue weighted by Crippen LogP contribution is -2.00. The third-order valence-corrected chi connectivity index (χ3v) is 9.74. The molecule has 0 aliphatic heterocycles. The lowest BCUT2D eigenvalue weighted by molar-refractivity contribution is 0.673. The SMILES string of the molecule is c1ccc(-c2ccc3c(c2)oc2c4ccccc4c(-c4nc(-c5ccccc5)nc(-c5ccc(-c6cccc7ccccc67)cc5)n4)cc32)cc1. The van der Waals surface area contributed by atoms with Crippen LogP contribution in [-0.2, 0) is 0 Å². The van der Waals surface area contributed by atoms with Crippen molar-refractivity contribution in [2.24, 2.45) is 0 Å². The topological polar surface area (TPSA) is 51.8 Å². The van der Waals surface area contributed by atoms with Crippen LogP contribution in [0.15, 0.2) is 180 Å². The fraction of sp³-hybridized carbons (Fsp3) is 0. The van der Waals surface area contributed by atoms with E-state index in [2.05, 4.69) is 140 Å². The average Bonchev–Trinajstić information content (AvgIpc) is 3.59. The lowest BCUT2D eigenvalue weighted by Gasteiger charge is -2.12. The van der Waals surface area contributed by atoms with E-state index in [0.717, 1.165) is 66.1 Å². The van der Waals surface area contributed by atoms with Crippen molar-refractivity contribution in [3.05, 3.63) is 176 Å². The van der Waals surface area contributed by atoms with Crippen LogP contribution in [0.5, 0.6) is 0 Å². The smallest absolute Gasteiger partial charge is 0.164 e. The normalized spacial score (nSPS) is 11.5. The Balaban J connectivity index is 1.15. The van der Waals surface area contributed by atoms with Gasteiger partial charge in [0, 0.05) is 32.8 Å². The van der Waals surface area contributed by atoms with Crippen molar-refractivity contribution in [2.45, 2.75) is 0 Å². The summed E-state index contributed by atoms with van der Waals surface area (Å²) in [7, 11) is 0. The highest BCUT2D eigenvalue weighted by atomic mass is 16.3. The summed E-state index contributed by atoms with van der Waals surface area (Å²) < 4.78 is 6.63. The summed E-state index contributed by atoms with van der Waals surface area (Å²) in [6, 6.07) is 61.0. The van der Waals surface area contributed by atoms with Crippen LogP contribution in [0.4, 0.5) is 0 Å². The predicted octanol–water partition coefficient (Wildman–Crippen LogP) is 12.4. The van der Waals surface area contributed by atoms with E-state index in [-0.39, 0.29) is 0 Å². The van der Waals surface area contributed by atoms with Gasteiger partial charge < -0.3 is 4.42 Å². The number of rotatable bonds is 5. The van der Waals surface area contributed by atoms with Crippen molar-refractivity contribution in [2.75, 3.05) is 0 Å². The second kappa shape index (κ2) is 11.9. The molecule has 0 unspecified atom stereocenters. The average molecular weight is 652 g/mol. The summed E-state index contributed by atoms with van der Waals surface area (Å²) >= 11 is 0. The maximum atomic E-state index is 6.63. The van der Waals surface area contributed by atoms with Crippen LogP contribution >= 0.6 is 0 Å². The Labute approximate surface area is 294 Å². The maximum Gasteiger partial charge on any atom is 0.164 e. The molecule has 10 aromatic rings. The first-order valence-corrected chi connectivity index (χ1v) is 17.1. The van der Waals surface area contributed by atoms with Gasteiger partial charge in [0.15, 0.2) is 17.5 Å². The van der Waals surface area contributed by atoms with Gasteiger partial charge in [0.05, 0.1) is 0 Å². The van der Waals surface area contributed by atoms with Crippen LogP contribution in [0.2, 0.25) is 0 Å². The maximum absolute atomic E-state index is 6.63. The number of nitrogens with zero attached hydrogens (tertiary/aromatic N) is 3. The molecule has 0 amide bonds. The largest absolute Gasteiger partial charge is 0.455 e. The van der Waals surface area contributed by atoms with Crippen molar-refractivity contribution in [1.29, 1.82) is 0 Å². The molecule has 238 valence electrons. The number of fused-ring (bicyclic) bond motifs is 6. The van der Waals surface area contributed by atoms with Gasteiger partial charge >= 0.3 is 0 Å². The molecular formula is C47H29N3O. The van der Waals surface area contributed by atoms with E-state index in [9.17, 15) is 0 Å². The van der Waals surface area contributed by atoms with E-state index in [4.69, 9.17) is 19.4 Å². The molecule has 4 nitrogen and oxygen atoms in total. The Morgan fingerprint density at radius 2 is 0.882 bits per heavy atom. The molecule has 0 saturated heterocycles. The van der Waals surface area contributed by atoms with Gasteiger partial charge in [-0.3, -0.25) is 0 Å². The van der Waals surface area contributed by atoms with Crippen molar-refractivity contribution in [1.82, 2.24) is 15.0 Å². The Bertz CT molecular complexity index is 2890. The molecule has 0 radical (unpaired) electrons. The van der Waals surface area contributed by atoms with Crippen LogP contribution < -0.4 is 0 Å². The summed E-state index contributed by atoms with van der Waals surface area (Å²) in [5, 5.41) is 6.57. The van der Waals surface area contributed by atoms with Crippen LogP contribution in [0.3, 0.4) is 0 Å². The lowest BCUT2D eigenvalue weighted by atomic mass is 9.97. The predicted molar refractivity (Wildman–Crippen MR) is 209 cm³/mol. The zero-order valence-corrected chi connectivity index (χ0v) is 27.5. The first-order valence-electron chi connectivity index (χ1n) is 17.1. The molecule has 0 atom stereocenters. The highest BCUT2D eigenvalue weighted by Crippen LogP contribution is 2.41. The molecule has 0 spiro atoms. The molecule has 8 aromatic carbocycles. The highest BCUT2D eigenvalue weighted by molar-refractivity contribution is 6.19. The Hall–Kier alpha value is -6.91. The quantitative estimate of drug-likeness (QED) is 0.186. The Morgan fingerprint density at radius 3 is 1.65 bits per heavy atom. The van der Waals surface area contributed by atoms with Gasteiger partial charge in [0.2, 0.25) is 0 Å². The van der Waals surface area contributed by atoms with Gasteiger partial charge in [-0.1, -0.05) is 158 Å². The molecular weight excluding hydrogens is 623 g/mol. The van der Waals surface area contributed by atoms with Crippen molar-refractivity contribution < 1.29 is 4.42 Å². The molecule has 51 heavy (non-hydrogen) atoms. The minimum absolute atomic E-state index is 0.616. The minimum Gasteiger partial charge on any atom is -0.455 e. The first-order chi connectivity index (χ1) is 25.3. The van der Waals surface area contributed by atoms with Crippen LogP contribution in [0.1, 0.15) is 0 Å². The van der Waals surface area contributed by atoms with E-state index in [1.807, 2.05) is 36.4 Å². The third kappa shape index (κ3) is 5.04. The number of furan rings is 1. The number of aromatic nitrogens is 3. The highest BCUT2D eigenvalue weighted by Gasteiger charge is 2.19. The van der Waals surface area contributed by atoms with Gasteiger partial charge in [-0.2, -0.15) is 0 Å². The van der Waals surface area contributed by atoms with Crippen LogP contribution in [0.25, 0.3) is 99.9 Å². The molecule has 0 aliphatic rings. The van der Waals surface area contributed by atoms with Gasteiger partial charge in [-0.05, 0) is 56.6 Å². The molecule has 0 N–H and O–H groups in total. The molecule has 0 aliphatic carbocycles. The van der Waals surface area contributed by atoms with Crippen LogP contribution in [-0.4, -0.2) is 15.0 Å². The zero-order valence-electron chi connectivity index (χ0n) is 27.5. The summed E-state index contributed by atoms with van der Waals surface area (Å²) in [6.45, 7) is 0. The monoisotopic (exact) mass is 651 g/mol. The molecule has 2 aromatic heterocycles. The molecule has 2 heterocycles. The van der Waals surface area contributed by atoms with E-state index in [0.29, 0.717) is 17.5 Å². The standard InChI is InChI=1S/C47H29N3O/c1-3-12-30(13-4-1)35-26-27-39-41-29-42(38-19-9-10-20-40(38)44(41)51-43(39)28-35)47-49-45(33-15-5-2-6-16-33)48-46(50-47)34-24-22-32(23-25-34)37-21-11-17-31-14-7-8-18-36(31)37/h1-29H. The summed E-state index contributed by atoms with van der Waals surface area (Å²) in [6.07, 6.45) is 0. The van der Waals surface area contributed by atoms with E-state index >= 15 is 0 Å². The molecule has 10 rings (SSSR count). The van der Waals surface area contributed by atoms with Gasteiger partial charge in [-0.25, -0.2) is 15.0 Å². The molecule has 0 fully saturated rings. The van der Waals surface area contributed by atoms with Gasteiger partial charge in [-0.15, -0.1) is 0 Å². The van der Waals surface area contributed by atoms with Gasteiger partial charge in [0.25, 0.3) is 0 Å².